The van der Waals surface area contributed by atoms with Gasteiger partial charge < -0.3 is 15.3 Å². The van der Waals surface area contributed by atoms with Gasteiger partial charge in [-0.2, -0.15) is 0 Å². The number of nitrogens with zero attached hydrogens (tertiary/aromatic N) is 1. The van der Waals surface area contributed by atoms with Crippen molar-refractivity contribution < 1.29 is 9.90 Å². The Morgan fingerprint density at radius 2 is 2.06 bits per heavy atom. The van der Waals surface area contributed by atoms with E-state index in [-0.39, 0.29) is 17.9 Å². The second-order valence-electron chi connectivity index (χ2n) is 5.62. The fourth-order valence-corrected chi connectivity index (χ4v) is 2.38. The lowest BCUT2D eigenvalue weighted by atomic mass is 9.90. The summed E-state index contributed by atoms with van der Waals surface area (Å²) >= 11 is 0. The lowest BCUT2D eigenvalue weighted by molar-refractivity contribution is -0.135. The second kappa shape index (κ2) is 6.36. The molecule has 0 aliphatic carbocycles. The highest BCUT2D eigenvalue weighted by Gasteiger charge is 2.31. The molecule has 1 aliphatic heterocycles. The van der Waals surface area contributed by atoms with E-state index in [0.717, 1.165) is 13.0 Å². The molecule has 1 aliphatic rings. The molecule has 3 unspecified atom stereocenters. The van der Waals surface area contributed by atoms with Gasteiger partial charge in [0.25, 0.3) is 0 Å². The van der Waals surface area contributed by atoms with Crippen LogP contribution in [0.1, 0.15) is 33.6 Å². The van der Waals surface area contributed by atoms with Gasteiger partial charge in [0.05, 0.1) is 6.10 Å². The molecule has 17 heavy (non-hydrogen) atoms. The summed E-state index contributed by atoms with van der Waals surface area (Å²) in [5.41, 5.74) is 0. The van der Waals surface area contributed by atoms with Crippen molar-refractivity contribution in [3.05, 3.63) is 0 Å². The van der Waals surface area contributed by atoms with E-state index in [4.69, 9.17) is 0 Å². The van der Waals surface area contributed by atoms with E-state index in [2.05, 4.69) is 19.2 Å². The van der Waals surface area contributed by atoms with E-state index in [9.17, 15) is 9.90 Å². The van der Waals surface area contributed by atoms with Gasteiger partial charge in [-0.25, -0.2) is 0 Å². The Kier molecular flexibility index (Phi) is 5.40. The number of rotatable bonds is 4. The van der Waals surface area contributed by atoms with Crippen molar-refractivity contribution in [1.82, 2.24) is 10.2 Å². The highest BCUT2D eigenvalue weighted by atomic mass is 16.3. The smallest absolute Gasteiger partial charge is 0.222 e. The summed E-state index contributed by atoms with van der Waals surface area (Å²) in [6, 6.07) is 0.305. The summed E-state index contributed by atoms with van der Waals surface area (Å²) in [6.45, 7) is 7.40. The Balaban J connectivity index is 2.62. The Labute approximate surface area is 104 Å². The quantitative estimate of drug-likeness (QED) is 0.768. The fraction of sp³-hybridized carbons (Fsp3) is 0.923. The number of aliphatic hydroxyl groups is 1. The molecular weight excluding hydrogens is 216 g/mol. The Morgan fingerprint density at radius 1 is 1.41 bits per heavy atom. The molecule has 100 valence electrons. The minimum Gasteiger partial charge on any atom is -0.393 e. The number of likely N-dealkylation sites (N-methyl/N-ethyl adjacent to an activating group) is 1. The van der Waals surface area contributed by atoms with Crippen LogP contribution in [0.4, 0.5) is 0 Å². The number of hydrogen-bond donors (Lipinski definition) is 2. The molecule has 0 spiro atoms. The van der Waals surface area contributed by atoms with E-state index < -0.39 is 0 Å². The van der Waals surface area contributed by atoms with Crippen molar-refractivity contribution in [2.45, 2.75) is 45.8 Å². The molecule has 1 amide bonds. The monoisotopic (exact) mass is 242 g/mol. The summed E-state index contributed by atoms with van der Waals surface area (Å²) in [5, 5.41) is 12.9. The third-order valence-electron chi connectivity index (χ3n) is 3.51. The van der Waals surface area contributed by atoms with E-state index in [0.29, 0.717) is 24.9 Å². The number of hydrogen-bond acceptors (Lipinski definition) is 3. The van der Waals surface area contributed by atoms with Gasteiger partial charge in [0.2, 0.25) is 5.91 Å². The summed E-state index contributed by atoms with van der Waals surface area (Å²) in [5.74, 6) is 0.797. The maximum atomic E-state index is 12.1. The topological polar surface area (TPSA) is 52.6 Å². The first-order chi connectivity index (χ1) is 7.93. The molecule has 0 aromatic heterocycles. The molecule has 3 atom stereocenters. The van der Waals surface area contributed by atoms with Crippen LogP contribution >= 0.6 is 0 Å². The summed E-state index contributed by atoms with van der Waals surface area (Å²) in [6.07, 6.45) is 1.20. The van der Waals surface area contributed by atoms with Crippen LogP contribution in [0.3, 0.4) is 0 Å². The van der Waals surface area contributed by atoms with Gasteiger partial charge in [0.1, 0.15) is 0 Å². The molecule has 1 rings (SSSR count). The Bertz CT molecular complexity index is 254. The predicted octanol–water partition coefficient (Wildman–Crippen LogP) is 0.850. The van der Waals surface area contributed by atoms with Gasteiger partial charge in [-0.15, -0.1) is 0 Å². The van der Waals surface area contributed by atoms with Crippen molar-refractivity contribution >= 4 is 5.91 Å². The largest absolute Gasteiger partial charge is 0.393 e. The summed E-state index contributed by atoms with van der Waals surface area (Å²) < 4.78 is 0. The number of piperidine rings is 1. The highest BCUT2D eigenvalue weighted by Crippen LogP contribution is 2.21. The van der Waals surface area contributed by atoms with Gasteiger partial charge >= 0.3 is 0 Å². The predicted molar refractivity (Wildman–Crippen MR) is 68.7 cm³/mol. The van der Waals surface area contributed by atoms with E-state index >= 15 is 0 Å². The zero-order chi connectivity index (χ0) is 13.0. The van der Waals surface area contributed by atoms with E-state index in [1.165, 1.54) is 0 Å². The van der Waals surface area contributed by atoms with Crippen LogP contribution in [0.15, 0.2) is 0 Å². The second-order valence-corrected chi connectivity index (χ2v) is 5.62. The highest BCUT2D eigenvalue weighted by molar-refractivity contribution is 5.76. The maximum Gasteiger partial charge on any atom is 0.222 e. The lowest BCUT2D eigenvalue weighted by Crippen LogP contribution is -2.52. The van der Waals surface area contributed by atoms with Crippen LogP contribution in [0.2, 0.25) is 0 Å². The number of nitrogens with one attached hydrogen (secondary N) is 1. The van der Waals surface area contributed by atoms with Gasteiger partial charge in [-0.1, -0.05) is 13.8 Å². The third-order valence-corrected chi connectivity index (χ3v) is 3.51. The van der Waals surface area contributed by atoms with Crippen LogP contribution in [0.5, 0.6) is 0 Å². The molecule has 0 bridgehead atoms. The number of carbonyl (C=O) groups excluding carboxylic acids is 1. The van der Waals surface area contributed by atoms with Crippen LogP contribution in [0, 0.1) is 11.8 Å². The zero-order valence-corrected chi connectivity index (χ0v) is 11.4. The van der Waals surface area contributed by atoms with E-state index in [1.807, 2.05) is 18.9 Å². The molecule has 2 N–H and O–H groups in total. The van der Waals surface area contributed by atoms with Gasteiger partial charge in [-0.3, -0.25) is 4.79 Å². The number of amides is 1. The number of aliphatic hydroxyl groups excluding tert-OH is 1. The van der Waals surface area contributed by atoms with E-state index in [1.54, 1.807) is 0 Å². The fourth-order valence-electron chi connectivity index (χ4n) is 2.38. The van der Waals surface area contributed by atoms with Crippen LogP contribution in [-0.2, 0) is 4.79 Å². The van der Waals surface area contributed by atoms with Gasteiger partial charge in [-0.05, 0) is 26.3 Å². The minimum atomic E-state index is -0.347. The first-order valence-electron chi connectivity index (χ1n) is 6.57. The van der Waals surface area contributed by atoms with Crippen molar-refractivity contribution in [2.24, 2.45) is 11.8 Å². The van der Waals surface area contributed by atoms with Crippen molar-refractivity contribution in [3.63, 3.8) is 0 Å². The molecule has 1 saturated heterocycles. The molecular formula is C13H26N2O2. The van der Waals surface area contributed by atoms with Crippen LogP contribution in [-0.4, -0.2) is 48.2 Å². The minimum absolute atomic E-state index is 0.192. The molecule has 1 fully saturated rings. The first kappa shape index (κ1) is 14.5. The molecule has 0 aromatic carbocycles. The molecule has 0 aromatic rings. The third kappa shape index (κ3) is 4.28. The SMILES string of the molecule is CNC1CC(C(C)O)CN(C(=O)CC(C)C)C1. The van der Waals surface area contributed by atoms with Crippen molar-refractivity contribution in [3.8, 4) is 0 Å². The zero-order valence-electron chi connectivity index (χ0n) is 11.4. The molecule has 4 nitrogen and oxygen atoms in total. The number of carbonyl (C=O) groups is 1. The summed E-state index contributed by atoms with van der Waals surface area (Å²) in [4.78, 5) is 14.0. The Morgan fingerprint density at radius 3 is 2.53 bits per heavy atom. The van der Waals surface area contributed by atoms with Crippen molar-refractivity contribution in [2.75, 3.05) is 20.1 Å². The average Bonchev–Trinajstić information content (AvgIpc) is 2.27. The molecule has 0 radical (unpaired) electrons. The van der Waals surface area contributed by atoms with Gasteiger partial charge in [0, 0.05) is 31.5 Å². The molecule has 0 saturated carbocycles. The van der Waals surface area contributed by atoms with Crippen LogP contribution in [0.25, 0.3) is 0 Å². The first-order valence-corrected chi connectivity index (χ1v) is 6.57. The molecule has 1 heterocycles. The molecule has 4 heteroatoms. The summed E-state index contributed by atoms with van der Waals surface area (Å²) in [7, 11) is 1.92. The lowest BCUT2D eigenvalue weighted by Gasteiger charge is -2.39. The Hall–Kier alpha value is -0.610. The standard InChI is InChI=1S/C13H26N2O2/c1-9(2)5-13(17)15-7-11(10(3)16)6-12(8-15)14-4/h9-12,14,16H,5-8H2,1-4H3. The normalized spacial score (nSPS) is 27.3. The number of likely N-dealkylation sites (tertiary alicyclic amines) is 1. The van der Waals surface area contributed by atoms with Gasteiger partial charge in [0.15, 0.2) is 0 Å². The maximum absolute atomic E-state index is 12.1. The van der Waals surface area contributed by atoms with Crippen LogP contribution < -0.4 is 5.32 Å². The van der Waals surface area contributed by atoms with Crippen molar-refractivity contribution in [1.29, 1.82) is 0 Å². The average molecular weight is 242 g/mol.